The van der Waals surface area contributed by atoms with Crippen molar-refractivity contribution in [2.45, 2.75) is 26.7 Å². The van der Waals surface area contributed by atoms with Crippen LogP contribution in [0.25, 0.3) is 5.70 Å². The second-order valence-electron chi connectivity index (χ2n) is 7.45. The first-order chi connectivity index (χ1) is 15.4. The van der Waals surface area contributed by atoms with Crippen molar-refractivity contribution in [2.75, 3.05) is 20.3 Å². The number of Topliss-reactive ketones (excluding diaryl/α,β-unsaturated/α-hetero) is 1. The van der Waals surface area contributed by atoms with Crippen LogP contribution in [0.3, 0.4) is 0 Å². The van der Waals surface area contributed by atoms with Crippen LogP contribution in [0, 0.1) is 0 Å². The normalized spacial score (nSPS) is 17.0. The highest BCUT2D eigenvalue weighted by Crippen LogP contribution is 2.49. The fourth-order valence-electron chi connectivity index (χ4n) is 4.33. The number of hydrogen-bond acceptors (Lipinski definition) is 6. The Bertz CT molecular complexity index is 1180. The van der Waals surface area contributed by atoms with Crippen LogP contribution in [-0.4, -0.2) is 32.1 Å². The van der Waals surface area contributed by atoms with E-state index in [9.17, 15) is 9.59 Å². The monoisotopic (exact) mass is 453 g/mol. The standard InChI is InChI=1S/C25H24ClNO5/c1-5-31-24-17(26)11-14(12-18(24)30-4)20-19(25(29)32-6-2)13(3)27-22-15-9-7-8-10-16(15)23(28)21(20)22/h7-12,20,27H,5-6H2,1-4H3. The maximum Gasteiger partial charge on any atom is 0.336 e. The molecule has 1 unspecified atom stereocenters. The molecule has 0 fully saturated rings. The van der Waals surface area contributed by atoms with E-state index in [0.29, 0.717) is 56.8 Å². The van der Waals surface area contributed by atoms with E-state index < -0.39 is 11.9 Å². The number of ketones is 1. The van der Waals surface area contributed by atoms with Gasteiger partial charge in [-0.3, -0.25) is 4.79 Å². The minimum atomic E-state index is -0.674. The highest BCUT2D eigenvalue weighted by molar-refractivity contribution is 6.32. The fourth-order valence-corrected chi connectivity index (χ4v) is 4.61. The predicted octanol–water partition coefficient (Wildman–Crippen LogP) is 4.88. The Balaban J connectivity index is 1.95. The van der Waals surface area contributed by atoms with Gasteiger partial charge in [0.15, 0.2) is 17.3 Å². The number of carbonyl (C=O) groups is 2. The molecule has 1 heterocycles. The molecule has 0 saturated carbocycles. The quantitative estimate of drug-likeness (QED) is 0.628. The van der Waals surface area contributed by atoms with Gasteiger partial charge < -0.3 is 19.5 Å². The molecule has 32 heavy (non-hydrogen) atoms. The van der Waals surface area contributed by atoms with Crippen molar-refractivity contribution < 1.29 is 23.8 Å². The minimum absolute atomic E-state index is 0.133. The van der Waals surface area contributed by atoms with E-state index in [1.54, 1.807) is 25.1 Å². The van der Waals surface area contributed by atoms with Crippen molar-refractivity contribution in [2.24, 2.45) is 0 Å². The Morgan fingerprint density at radius 1 is 1.12 bits per heavy atom. The van der Waals surface area contributed by atoms with Gasteiger partial charge in [-0.25, -0.2) is 4.79 Å². The summed E-state index contributed by atoms with van der Waals surface area (Å²) in [6.45, 7) is 6.04. The van der Waals surface area contributed by atoms with E-state index >= 15 is 0 Å². The van der Waals surface area contributed by atoms with E-state index in [2.05, 4.69) is 5.32 Å². The first-order valence-corrected chi connectivity index (χ1v) is 10.8. The number of halogens is 1. The van der Waals surface area contributed by atoms with E-state index in [-0.39, 0.29) is 12.4 Å². The minimum Gasteiger partial charge on any atom is -0.493 e. The van der Waals surface area contributed by atoms with Gasteiger partial charge in [-0.15, -0.1) is 0 Å². The van der Waals surface area contributed by atoms with Gasteiger partial charge in [0.25, 0.3) is 0 Å². The summed E-state index contributed by atoms with van der Waals surface area (Å²) in [5, 5.41) is 3.62. The van der Waals surface area contributed by atoms with Crippen molar-refractivity contribution in [1.82, 2.24) is 5.32 Å². The lowest BCUT2D eigenvalue weighted by Gasteiger charge is -2.29. The number of hydrogen-bond donors (Lipinski definition) is 1. The van der Waals surface area contributed by atoms with Gasteiger partial charge in [0.05, 0.1) is 36.6 Å². The van der Waals surface area contributed by atoms with Crippen molar-refractivity contribution in [3.8, 4) is 11.5 Å². The fraction of sp³-hybridized carbons (Fsp3) is 0.280. The largest absolute Gasteiger partial charge is 0.493 e. The molecule has 7 heteroatoms. The second-order valence-corrected chi connectivity index (χ2v) is 7.85. The number of methoxy groups -OCH3 is 1. The third-order valence-electron chi connectivity index (χ3n) is 5.62. The predicted molar refractivity (Wildman–Crippen MR) is 122 cm³/mol. The first kappa shape index (κ1) is 22.0. The van der Waals surface area contributed by atoms with Crippen LogP contribution in [-0.2, 0) is 9.53 Å². The van der Waals surface area contributed by atoms with Crippen molar-refractivity contribution in [3.05, 3.63) is 75.0 Å². The Morgan fingerprint density at radius 3 is 2.50 bits per heavy atom. The number of nitrogens with one attached hydrogen (secondary N) is 1. The third kappa shape index (κ3) is 3.45. The molecular weight excluding hydrogens is 430 g/mol. The van der Waals surface area contributed by atoms with Gasteiger partial charge in [0, 0.05) is 28.3 Å². The molecule has 0 aromatic heterocycles. The van der Waals surface area contributed by atoms with Crippen LogP contribution in [0.2, 0.25) is 5.02 Å². The number of fused-ring (bicyclic) bond motifs is 2. The maximum absolute atomic E-state index is 13.5. The Kier molecular flexibility index (Phi) is 5.98. The SMILES string of the molecule is CCOC(=O)C1=C(C)NC2=C(C(=O)c3ccccc32)C1c1cc(Cl)c(OCC)c(OC)c1. The van der Waals surface area contributed by atoms with Crippen LogP contribution in [0.15, 0.2) is 53.2 Å². The molecule has 4 rings (SSSR count). The van der Waals surface area contributed by atoms with Crippen LogP contribution < -0.4 is 14.8 Å². The zero-order chi connectivity index (χ0) is 23.0. The molecule has 2 aromatic carbocycles. The molecule has 1 aliphatic heterocycles. The molecule has 0 radical (unpaired) electrons. The molecule has 166 valence electrons. The van der Waals surface area contributed by atoms with Gasteiger partial charge in [-0.1, -0.05) is 35.9 Å². The van der Waals surface area contributed by atoms with Crippen LogP contribution in [0.1, 0.15) is 48.2 Å². The summed E-state index contributed by atoms with van der Waals surface area (Å²) in [6.07, 6.45) is 0. The summed E-state index contributed by atoms with van der Waals surface area (Å²) in [7, 11) is 1.52. The van der Waals surface area contributed by atoms with Crippen molar-refractivity contribution in [3.63, 3.8) is 0 Å². The summed E-state index contributed by atoms with van der Waals surface area (Å²) >= 11 is 6.55. The highest BCUT2D eigenvalue weighted by Gasteiger charge is 2.43. The van der Waals surface area contributed by atoms with Crippen LogP contribution >= 0.6 is 11.6 Å². The average Bonchev–Trinajstić information content (AvgIpc) is 3.06. The van der Waals surface area contributed by atoms with E-state index in [1.165, 1.54) is 7.11 Å². The van der Waals surface area contributed by atoms with Crippen LogP contribution in [0.4, 0.5) is 0 Å². The van der Waals surface area contributed by atoms with Crippen molar-refractivity contribution >= 4 is 29.1 Å². The van der Waals surface area contributed by atoms with Gasteiger partial charge in [-0.05, 0) is 38.5 Å². The number of carbonyl (C=O) groups excluding carboxylic acids is 2. The molecule has 0 spiro atoms. The zero-order valence-electron chi connectivity index (χ0n) is 18.4. The topological polar surface area (TPSA) is 73.9 Å². The Labute approximate surface area is 191 Å². The average molecular weight is 454 g/mol. The van der Waals surface area contributed by atoms with Crippen molar-refractivity contribution in [1.29, 1.82) is 0 Å². The molecular formula is C25H24ClNO5. The highest BCUT2D eigenvalue weighted by atomic mass is 35.5. The van der Waals surface area contributed by atoms with Gasteiger partial charge >= 0.3 is 5.97 Å². The number of allylic oxidation sites excluding steroid dienone is 2. The smallest absolute Gasteiger partial charge is 0.336 e. The number of rotatable bonds is 6. The number of benzene rings is 2. The molecule has 1 N–H and O–H groups in total. The lowest BCUT2D eigenvalue weighted by atomic mass is 9.79. The summed E-state index contributed by atoms with van der Waals surface area (Å²) in [5.74, 6) is -0.442. The molecule has 2 aromatic rings. The molecule has 2 aliphatic rings. The second kappa shape index (κ2) is 8.71. The summed E-state index contributed by atoms with van der Waals surface area (Å²) < 4.78 is 16.5. The van der Waals surface area contributed by atoms with Gasteiger partial charge in [0.1, 0.15) is 0 Å². The number of ether oxygens (including phenoxy) is 3. The maximum atomic E-state index is 13.5. The molecule has 1 aliphatic carbocycles. The summed E-state index contributed by atoms with van der Waals surface area (Å²) in [5.41, 5.74) is 4.23. The van der Waals surface area contributed by atoms with Gasteiger partial charge in [-0.2, -0.15) is 0 Å². The molecule has 6 nitrogen and oxygen atoms in total. The lowest BCUT2D eigenvalue weighted by Crippen LogP contribution is -2.29. The summed E-state index contributed by atoms with van der Waals surface area (Å²) in [4.78, 5) is 26.5. The van der Waals surface area contributed by atoms with E-state index in [4.69, 9.17) is 25.8 Å². The lowest BCUT2D eigenvalue weighted by molar-refractivity contribution is -0.138. The molecule has 0 bridgehead atoms. The third-order valence-corrected chi connectivity index (χ3v) is 5.90. The zero-order valence-corrected chi connectivity index (χ0v) is 19.1. The van der Waals surface area contributed by atoms with Gasteiger partial charge in [0.2, 0.25) is 0 Å². The molecule has 0 amide bonds. The number of dihydropyridines is 1. The Hall–Kier alpha value is -3.25. The molecule has 1 atom stereocenters. The van der Waals surface area contributed by atoms with E-state index in [0.717, 1.165) is 5.56 Å². The number of esters is 1. The van der Waals surface area contributed by atoms with Crippen LogP contribution in [0.5, 0.6) is 11.5 Å². The first-order valence-electron chi connectivity index (χ1n) is 10.5. The Morgan fingerprint density at radius 2 is 1.84 bits per heavy atom. The summed E-state index contributed by atoms with van der Waals surface area (Å²) in [6, 6.07) is 10.9. The molecule has 0 saturated heterocycles. The van der Waals surface area contributed by atoms with E-state index in [1.807, 2.05) is 32.0 Å².